The first-order valence-corrected chi connectivity index (χ1v) is 7.87. The molecule has 0 bridgehead atoms. The third-order valence-corrected chi connectivity index (χ3v) is 4.32. The number of benzene rings is 2. The quantitative estimate of drug-likeness (QED) is 0.779. The molecule has 0 saturated carbocycles. The van der Waals surface area contributed by atoms with E-state index in [0.717, 1.165) is 34.2 Å². The normalized spacial score (nSPS) is 16.6. The summed E-state index contributed by atoms with van der Waals surface area (Å²) in [5, 5.41) is 4.25. The zero-order chi connectivity index (χ0) is 15.6. The number of ether oxygens (including phenoxy) is 1. The van der Waals surface area contributed by atoms with E-state index < -0.39 is 0 Å². The first kappa shape index (κ1) is 13.9. The van der Waals surface area contributed by atoms with Crippen LogP contribution in [0.4, 0.5) is 0 Å². The number of rotatable bonds is 3. The van der Waals surface area contributed by atoms with Gasteiger partial charge in [0.05, 0.1) is 19.1 Å². The summed E-state index contributed by atoms with van der Waals surface area (Å²) in [5.74, 6) is 0.910. The monoisotopic (exact) mass is 306 g/mol. The first-order chi connectivity index (χ1) is 11.3. The molecule has 0 fully saturated rings. The zero-order valence-electron chi connectivity index (χ0n) is 12.7. The van der Waals surface area contributed by atoms with Crippen molar-refractivity contribution in [2.24, 2.45) is 0 Å². The maximum absolute atomic E-state index is 12.5. The number of H-pyrrole nitrogens is 1. The van der Waals surface area contributed by atoms with Gasteiger partial charge in [0.2, 0.25) is 5.91 Å². The van der Waals surface area contributed by atoms with Crippen LogP contribution in [0.2, 0.25) is 0 Å². The lowest BCUT2D eigenvalue weighted by atomic mass is 10.00. The zero-order valence-corrected chi connectivity index (χ0v) is 12.7. The van der Waals surface area contributed by atoms with Crippen LogP contribution in [-0.2, 0) is 11.2 Å². The molecule has 0 spiro atoms. The molecule has 1 unspecified atom stereocenters. The lowest BCUT2D eigenvalue weighted by Crippen LogP contribution is -2.33. The summed E-state index contributed by atoms with van der Waals surface area (Å²) in [4.78, 5) is 15.7. The van der Waals surface area contributed by atoms with Crippen LogP contribution in [0.5, 0.6) is 5.75 Å². The molecule has 1 atom stereocenters. The number of amides is 1. The fourth-order valence-corrected chi connectivity index (χ4v) is 3.19. The molecule has 4 nitrogen and oxygen atoms in total. The number of aromatic nitrogens is 1. The van der Waals surface area contributed by atoms with Gasteiger partial charge in [-0.3, -0.25) is 4.79 Å². The smallest absolute Gasteiger partial charge is 0.224 e. The summed E-state index contributed by atoms with van der Waals surface area (Å²) in [6.07, 6.45) is 3.10. The van der Waals surface area contributed by atoms with Crippen molar-refractivity contribution in [3.05, 3.63) is 65.9 Å². The molecule has 2 aromatic carbocycles. The molecule has 1 aliphatic rings. The Hall–Kier alpha value is -2.75. The third kappa shape index (κ3) is 2.68. The predicted molar refractivity (Wildman–Crippen MR) is 89.4 cm³/mol. The van der Waals surface area contributed by atoms with Crippen LogP contribution in [0.3, 0.4) is 0 Å². The molecule has 0 saturated heterocycles. The Kier molecular flexibility index (Phi) is 3.50. The highest BCUT2D eigenvalue weighted by molar-refractivity contribution is 5.89. The van der Waals surface area contributed by atoms with E-state index in [4.69, 9.17) is 4.74 Å². The standard InChI is InChI=1S/C19H18N2O2/c22-19(11-13-12-20-16-7-3-1-5-14(13)16)21-17-9-10-23-18-8-4-2-6-15(17)18/h1-8,12,17,20H,9-11H2,(H,21,22). The van der Waals surface area contributed by atoms with Crippen molar-refractivity contribution in [2.75, 3.05) is 6.61 Å². The van der Waals surface area contributed by atoms with Gasteiger partial charge in [-0.25, -0.2) is 0 Å². The number of fused-ring (bicyclic) bond motifs is 2. The molecule has 0 radical (unpaired) electrons. The molecule has 1 aromatic heterocycles. The molecular formula is C19H18N2O2. The second-order valence-corrected chi connectivity index (χ2v) is 5.83. The number of hydrogen-bond donors (Lipinski definition) is 2. The van der Waals surface area contributed by atoms with E-state index in [1.165, 1.54) is 0 Å². The Balaban J connectivity index is 1.51. The Labute approximate surface area is 134 Å². The average Bonchev–Trinajstić information content (AvgIpc) is 2.98. The van der Waals surface area contributed by atoms with Gasteiger partial charge in [0, 0.05) is 29.1 Å². The minimum absolute atomic E-state index is 0.0256. The van der Waals surface area contributed by atoms with E-state index in [0.29, 0.717) is 13.0 Å². The van der Waals surface area contributed by atoms with Gasteiger partial charge in [-0.15, -0.1) is 0 Å². The van der Waals surface area contributed by atoms with Crippen molar-refractivity contribution in [2.45, 2.75) is 18.9 Å². The first-order valence-electron chi connectivity index (χ1n) is 7.87. The number of nitrogens with one attached hydrogen (secondary N) is 2. The largest absolute Gasteiger partial charge is 0.493 e. The molecule has 4 rings (SSSR count). The molecule has 1 aliphatic heterocycles. The maximum Gasteiger partial charge on any atom is 0.224 e. The van der Waals surface area contributed by atoms with Crippen LogP contribution >= 0.6 is 0 Å². The Bertz CT molecular complexity index is 853. The van der Waals surface area contributed by atoms with Gasteiger partial charge < -0.3 is 15.0 Å². The lowest BCUT2D eigenvalue weighted by Gasteiger charge is -2.26. The van der Waals surface area contributed by atoms with E-state index in [1.807, 2.05) is 54.7 Å². The molecule has 0 aliphatic carbocycles. The maximum atomic E-state index is 12.5. The second kappa shape index (κ2) is 5.80. The highest BCUT2D eigenvalue weighted by atomic mass is 16.5. The second-order valence-electron chi connectivity index (χ2n) is 5.83. The van der Waals surface area contributed by atoms with Crippen LogP contribution in [0.25, 0.3) is 10.9 Å². The van der Waals surface area contributed by atoms with Crippen LogP contribution in [-0.4, -0.2) is 17.5 Å². The van der Waals surface area contributed by atoms with Gasteiger partial charge in [-0.05, 0) is 17.7 Å². The third-order valence-electron chi connectivity index (χ3n) is 4.32. The summed E-state index contributed by atoms with van der Waals surface area (Å²) in [6, 6.07) is 16.0. The van der Waals surface area contributed by atoms with E-state index in [9.17, 15) is 4.79 Å². The molecular weight excluding hydrogens is 288 g/mol. The van der Waals surface area contributed by atoms with Gasteiger partial charge in [-0.2, -0.15) is 0 Å². The number of aromatic amines is 1. The van der Waals surface area contributed by atoms with Gasteiger partial charge >= 0.3 is 0 Å². The lowest BCUT2D eigenvalue weighted by molar-refractivity contribution is -0.121. The highest BCUT2D eigenvalue weighted by Crippen LogP contribution is 2.31. The van der Waals surface area contributed by atoms with Crippen LogP contribution in [0.15, 0.2) is 54.7 Å². The summed E-state index contributed by atoms with van der Waals surface area (Å²) in [5.41, 5.74) is 3.15. The van der Waals surface area contributed by atoms with E-state index in [2.05, 4.69) is 10.3 Å². The minimum Gasteiger partial charge on any atom is -0.493 e. The summed E-state index contributed by atoms with van der Waals surface area (Å²) in [7, 11) is 0. The Morgan fingerprint density at radius 3 is 2.96 bits per heavy atom. The van der Waals surface area contributed by atoms with Crippen molar-refractivity contribution in [1.29, 1.82) is 0 Å². The summed E-state index contributed by atoms with van der Waals surface area (Å²) in [6.45, 7) is 0.634. The summed E-state index contributed by atoms with van der Waals surface area (Å²) < 4.78 is 5.64. The number of carbonyl (C=O) groups excluding carboxylic acids is 1. The van der Waals surface area contributed by atoms with E-state index >= 15 is 0 Å². The average molecular weight is 306 g/mol. The number of carbonyl (C=O) groups is 1. The van der Waals surface area contributed by atoms with Crippen molar-refractivity contribution in [1.82, 2.24) is 10.3 Å². The van der Waals surface area contributed by atoms with E-state index in [1.54, 1.807) is 0 Å². The number of para-hydroxylation sites is 2. The van der Waals surface area contributed by atoms with Gasteiger partial charge in [0.1, 0.15) is 5.75 Å². The predicted octanol–water partition coefficient (Wildman–Crippen LogP) is 3.35. The van der Waals surface area contributed by atoms with Crippen molar-refractivity contribution in [3.8, 4) is 5.75 Å². The molecule has 23 heavy (non-hydrogen) atoms. The van der Waals surface area contributed by atoms with Crippen LogP contribution in [0.1, 0.15) is 23.6 Å². The van der Waals surface area contributed by atoms with Crippen LogP contribution < -0.4 is 10.1 Å². The fourth-order valence-electron chi connectivity index (χ4n) is 3.19. The Morgan fingerprint density at radius 1 is 1.17 bits per heavy atom. The van der Waals surface area contributed by atoms with Crippen molar-refractivity contribution >= 4 is 16.8 Å². The Morgan fingerprint density at radius 2 is 2.00 bits per heavy atom. The number of hydrogen-bond acceptors (Lipinski definition) is 2. The molecule has 2 heterocycles. The van der Waals surface area contributed by atoms with Gasteiger partial charge in [0.25, 0.3) is 0 Å². The minimum atomic E-state index is 0.0256. The molecule has 2 N–H and O–H groups in total. The van der Waals surface area contributed by atoms with Gasteiger partial charge in [0.15, 0.2) is 0 Å². The van der Waals surface area contributed by atoms with Crippen molar-refractivity contribution in [3.63, 3.8) is 0 Å². The van der Waals surface area contributed by atoms with Gasteiger partial charge in [-0.1, -0.05) is 36.4 Å². The highest BCUT2D eigenvalue weighted by Gasteiger charge is 2.22. The molecule has 3 aromatic rings. The topological polar surface area (TPSA) is 54.1 Å². The van der Waals surface area contributed by atoms with Crippen LogP contribution in [0, 0.1) is 0 Å². The molecule has 1 amide bonds. The summed E-state index contributed by atoms with van der Waals surface area (Å²) >= 11 is 0. The molecule has 4 heteroatoms. The van der Waals surface area contributed by atoms with Crippen molar-refractivity contribution < 1.29 is 9.53 Å². The molecule has 116 valence electrons. The fraction of sp³-hybridized carbons (Fsp3) is 0.211. The SMILES string of the molecule is O=C(Cc1c[nH]c2ccccc12)NC1CCOc2ccccc21. The van der Waals surface area contributed by atoms with E-state index in [-0.39, 0.29) is 11.9 Å².